The summed E-state index contributed by atoms with van der Waals surface area (Å²) < 4.78 is 5.27. The Hall–Kier alpha value is -1.55. The van der Waals surface area contributed by atoms with Gasteiger partial charge in [0, 0.05) is 12.6 Å². The molecular weight excluding hydrogens is 240 g/mol. The zero-order valence-electron chi connectivity index (χ0n) is 12.5. The first-order valence-corrected chi connectivity index (χ1v) is 6.58. The number of amides is 1. The molecule has 0 unspecified atom stereocenters. The van der Waals surface area contributed by atoms with Crippen LogP contribution in [0.1, 0.15) is 30.5 Å². The van der Waals surface area contributed by atoms with E-state index in [4.69, 9.17) is 4.74 Å². The molecular formula is C15H24N2O2. The molecule has 106 valence electrons. The van der Waals surface area contributed by atoms with Crippen molar-refractivity contribution in [3.8, 4) is 5.75 Å². The molecule has 1 aromatic rings. The van der Waals surface area contributed by atoms with Crippen molar-refractivity contribution in [2.75, 3.05) is 13.7 Å². The van der Waals surface area contributed by atoms with Crippen LogP contribution < -0.4 is 15.4 Å². The molecule has 19 heavy (non-hydrogen) atoms. The Balaban J connectivity index is 2.59. The van der Waals surface area contributed by atoms with Crippen molar-refractivity contribution in [2.45, 2.75) is 40.3 Å². The van der Waals surface area contributed by atoms with Crippen LogP contribution in [0.2, 0.25) is 0 Å². The number of hydrogen-bond donors (Lipinski definition) is 2. The first-order chi connectivity index (χ1) is 8.95. The number of rotatable bonds is 6. The summed E-state index contributed by atoms with van der Waals surface area (Å²) in [5.74, 6) is 0.899. The van der Waals surface area contributed by atoms with E-state index in [0.717, 1.165) is 22.4 Å². The monoisotopic (exact) mass is 264 g/mol. The number of hydrogen-bond acceptors (Lipinski definition) is 3. The molecule has 0 aliphatic heterocycles. The lowest BCUT2D eigenvalue weighted by Crippen LogP contribution is -2.36. The summed E-state index contributed by atoms with van der Waals surface area (Å²) in [6.45, 7) is 9.02. The Morgan fingerprint density at radius 3 is 2.53 bits per heavy atom. The van der Waals surface area contributed by atoms with E-state index in [0.29, 0.717) is 19.1 Å². The zero-order valence-corrected chi connectivity index (χ0v) is 12.5. The molecule has 0 heterocycles. The number of methoxy groups -OCH3 is 1. The third-order valence-corrected chi connectivity index (χ3v) is 3.22. The second-order valence-corrected chi connectivity index (χ2v) is 4.99. The average molecular weight is 264 g/mol. The predicted molar refractivity (Wildman–Crippen MR) is 77.5 cm³/mol. The SMILES string of the molecule is COc1ccc(CNC(=O)CNC(C)C)c(C)c1C. The predicted octanol–water partition coefficient (Wildman–Crippen LogP) is 1.93. The van der Waals surface area contributed by atoms with E-state index in [9.17, 15) is 4.79 Å². The summed E-state index contributed by atoms with van der Waals surface area (Å²) in [6.07, 6.45) is 0. The van der Waals surface area contributed by atoms with Crippen LogP contribution >= 0.6 is 0 Å². The number of ether oxygens (including phenoxy) is 1. The van der Waals surface area contributed by atoms with Crippen LogP contribution in [-0.2, 0) is 11.3 Å². The molecule has 0 aromatic heterocycles. The van der Waals surface area contributed by atoms with Crippen molar-refractivity contribution >= 4 is 5.91 Å². The Labute approximate surface area is 115 Å². The minimum absolute atomic E-state index is 0.0153. The molecule has 1 amide bonds. The van der Waals surface area contributed by atoms with Gasteiger partial charge in [0.2, 0.25) is 5.91 Å². The molecule has 2 N–H and O–H groups in total. The summed E-state index contributed by atoms with van der Waals surface area (Å²) in [5, 5.41) is 6.01. The van der Waals surface area contributed by atoms with E-state index in [1.807, 2.05) is 39.8 Å². The fourth-order valence-corrected chi connectivity index (χ4v) is 1.82. The topological polar surface area (TPSA) is 50.4 Å². The van der Waals surface area contributed by atoms with Crippen LogP contribution in [0.5, 0.6) is 5.75 Å². The maximum Gasteiger partial charge on any atom is 0.234 e. The molecule has 4 heteroatoms. The average Bonchev–Trinajstić information content (AvgIpc) is 2.38. The molecule has 4 nitrogen and oxygen atoms in total. The van der Waals surface area contributed by atoms with Gasteiger partial charge in [0.25, 0.3) is 0 Å². The lowest BCUT2D eigenvalue weighted by Gasteiger charge is -2.14. The molecule has 1 rings (SSSR count). The van der Waals surface area contributed by atoms with Crippen molar-refractivity contribution in [2.24, 2.45) is 0 Å². The molecule has 0 aliphatic rings. The van der Waals surface area contributed by atoms with Gasteiger partial charge in [-0.2, -0.15) is 0 Å². The fraction of sp³-hybridized carbons (Fsp3) is 0.533. The molecule has 0 fully saturated rings. The molecule has 0 aliphatic carbocycles. The van der Waals surface area contributed by atoms with Gasteiger partial charge in [0.1, 0.15) is 5.75 Å². The van der Waals surface area contributed by atoms with Crippen LogP contribution in [0.4, 0.5) is 0 Å². The maximum absolute atomic E-state index is 11.6. The largest absolute Gasteiger partial charge is 0.496 e. The highest BCUT2D eigenvalue weighted by molar-refractivity contribution is 5.78. The van der Waals surface area contributed by atoms with E-state index < -0.39 is 0 Å². The van der Waals surface area contributed by atoms with Gasteiger partial charge in [-0.1, -0.05) is 19.9 Å². The smallest absolute Gasteiger partial charge is 0.234 e. The zero-order chi connectivity index (χ0) is 14.4. The van der Waals surface area contributed by atoms with Crippen molar-refractivity contribution in [1.82, 2.24) is 10.6 Å². The summed E-state index contributed by atoms with van der Waals surface area (Å²) in [7, 11) is 1.67. The highest BCUT2D eigenvalue weighted by Gasteiger charge is 2.08. The van der Waals surface area contributed by atoms with Crippen molar-refractivity contribution in [3.63, 3.8) is 0 Å². The first-order valence-electron chi connectivity index (χ1n) is 6.58. The third kappa shape index (κ3) is 4.56. The lowest BCUT2D eigenvalue weighted by molar-refractivity contribution is -0.120. The highest BCUT2D eigenvalue weighted by Crippen LogP contribution is 2.23. The molecule has 1 aromatic carbocycles. The maximum atomic E-state index is 11.6. The normalized spacial score (nSPS) is 10.6. The minimum Gasteiger partial charge on any atom is -0.496 e. The third-order valence-electron chi connectivity index (χ3n) is 3.22. The van der Waals surface area contributed by atoms with E-state index >= 15 is 0 Å². The number of carbonyl (C=O) groups is 1. The van der Waals surface area contributed by atoms with Gasteiger partial charge in [0.15, 0.2) is 0 Å². The minimum atomic E-state index is 0.0153. The quantitative estimate of drug-likeness (QED) is 0.825. The second kappa shape index (κ2) is 7.14. The highest BCUT2D eigenvalue weighted by atomic mass is 16.5. The van der Waals surface area contributed by atoms with Crippen LogP contribution in [0.15, 0.2) is 12.1 Å². The van der Waals surface area contributed by atoms with Crippen molar-refractivity contribution in [3.05, 3.63) is 28.8 Å². The fourth-order valence-electron chi connectivity index (χ4n) is 1.82. The Morgan fingerprint density at radius 2 is 1.95 bits per heavy atom. The number of benzene rings is 1. The van der Waals surface area contributed by atoms with E-state index in [1.165, 1.54) is 0 Å². The Morgan fingerprint density at radius 1 is 1.26 bits per heavy atom. The van der Waals surface area contributed by atoms with Crippen LogP contribution in [0, 0.1) is 13.8 Å². The summed E-state index contributed by atoms with van der Waals surface area (Å²) in [5.41, 5.74) is 3.40. The van der Waals surface area contributed by atoms with Gasteiger partial charge < -0.3 is 15.4 Å². The van der Waals surface area contributed by atoms with Gasteiger partial charge >= 0.3 is 0 Å². The number of carbonyl (C=O) groups excluding carboxylic acids is 1. The summed E-state index contributed by atoms with van der Waals surface area (Å²) in [4.78, 5) is 11.6. The van der Waals surface area contributed by atoms with Crippen LogP contribution in [0.25, 0.3) is 0 Å². The second-order valence-electron chi connectivity index (χ2n) is 4.99. The van der Waals surface area contributed by atoms with Crippen LogP contribution in [-0.4, -0.2) is 25.6 Å². The van der Waals surface area contributed by atoms with Gasteiger partial charge in [-0.15, -0.1) is 0 Å². The molecule has 0 bridgehead atoms. The Bertz CT molecular complexity index is 442. The summed E-state index contributed by atoms with van der Waals surface area (Å²) in [6, 6.07) is 4.25. The number of nitrogens with one attached hydrogen (secondary N) is 2. The van der Waals surface area contributed by atoms with Crippen molar-refractivity contribution < 1.29 is 9.53 Å². The molecule has 0 saturated heterocycles. The van der Waals surface area contributed by atoms with E-state index in [2.05, 4.69) is 10.6 Å². The molecule has 0 saturated carbocycles. The standard InChI is InChI=1S/C15H24N2O2/c1-10(2)16-9-15(18)17-8-13-6-7-14(19-5)12(4)11(13)3/h6-7,10,16H,8-9H2,1-5H3,(H,17,18). The van der Waals surface area contributed by atoms with Gasteiger partial charge in [-0.3, -0.25) is 4.79 Å². The lowest BCUT2D eigenvalue weighted by atomic mass is 10.0. The molecule has 0 spiro atoms. The van der Waals surface area contributed by atoms with E-state index in [-0.39, 0.29) is 5.91 Å². The van der Waals surface area contributed by atoms with Gasteiger partial charge in [0.05, 0.1) is 13.7 Å². The van der Waals surface area contributed by atoms with Crippen LogP contribution in [0.3, 0.4) is 0 Å². The van der Waals surface area contributed by atoms with E-state index in [1.54, 1.807) is 7.11 Å². The first kappa shape index (κ1) is 15.5. The molecule has 0 radical (unpaired) electrons. The van der Waals surface area contributed by atoms with Crippen molar-refractivity contribution in [1.29, 1.82) is 0 Å². The Kier molecular flexibility index (Phi) is 5.83. The summed E-state index contributed by atoms with van der Waals surface area (Å²) >= 11 is 0. The van der Waals surface area contributed by atoms with Gasteiger partial charge in [-0.25, -0.2) is 0 Å². The van der Waals surface area contributed by atoms with Gasteiger partial charge in [-0.05, 0) is 36.6 Å². The molecule has 0 atom stereocenters.